The van der Waals surface area contributed by atoms with E-state index in [9.17, 15) is 14.4 Å². The van der Waals surface area contributed by atoms with Crippen LogP contribution >= 0.6 is 0 Å². The zero-order valence-electron chi connectivity index (χ0n) is 16.9. The van der Waals surface area contributed by atoms with E-state index >= 15 is 0 Å². The molecule has 0 aliphatic rings. The highest BCUT2D eigenvalue weighted by Crippen LogP contribution is 2.20. The number of Topliss-reactive ketones (excluding diaryl/α,β-unsaturated/α-hetero) is 1. The lowest BCUT2D eigenvalue weighted by molar-refractivity contribution is -0.145. The topological polar surface area (TPSA) is 134 Å². The molecule has 0 amide bonds. The first-order valence-electron chi connectivity index (χ1n) is 8.99. The Morgan fingerprint density at radius 1 is 0.967 bits per heavy atom. The number of ketones is 1. The second-order valence-corrected chi connectivity index (χ2v) is 6.13. The summed E-state index contributed by atoms with van der Waals surface area (Å²) in [6, 6.07) is 12.0. The average Bonchev–Trinajstić information content (AvgIpc) is 2.61. The van der Waals surface area contributed by atoms with Gasteiger partial charge in [-0.1, -0.05) is 6.07 Å². The van der Waals surface area contributed by atoms with Crippen molar-refractivity contribution < 1.29 is 34.1 Å². The number of fused-ring (bicyclic) bond motifs is 1. The molecule has 3 aromatic rings. The van der Waals surface area contributed by atoms with E-state index in [1.165, 1.54) is 37.3 Å². The molecular formula is C22H24O8. The van der Waals surface area contributed by atoms with Gasteiger partial charge in [-0.2, -0.15) is 0 Å². The highest BCUT2D eigenvalue weighted by Gasteiger charge is 2.03. The molecule has 3 N–H and O–H groups in total. The summed E-state index contributed by atoms with van der Waals surface area (Å²) in [4.78, 5) is 31.6. The van der Waals surface area contributed by atoms with Gasteiger partial charge in [-0.25, -0.2) is 4.79 Å². The number of carbonyl (C=O) groups is 2. The van der Waals surface area contributed by atoms with Crippen molar-refractivity contribution in [3.63, 3.8) is 0 Å². The summed E-state index contributed by atoms with van der Waals surface area (Å²) in [6.45, 7) is 5.23. The van der Waals surface area contributed by atoms with E-state index in [-0.39, 0.29) is 29.5 Å². The number of phenolic OH excluding ortho intramolecular Hbond substituents is 3. The smallest absolute Gasteiger partial charge is 0.336 e. The van der Waals surface area contributed by atoms with Crippen LogP contribution in [-0.2, 0) is 14.3 Å². The van der Waals surface area contributed by atoms with Gasteiger partial charge in [0.05, 0.1) is 6.61 Å². The number of aromatic hydroxyl groups is 3. The summed E-state index contributed by atoms with van der Waals surface area (Å²) >= 11 is 0. The lowest BCUT2D eigenvalue weighted by Crippen LogP contribution is -2.07. The Labute approximate surface area is 173 Å². The summed E-state index contributed by atoms with van der Waals surface area (Å²) in [7, 11) is 0. The van der Waals surface area contributed by atoms with Crippen LogP contribution in [0.3, 0.4) is 0 Å². The molecule has 0 radical (unpaired) electrons. The lowest BCUT2D eigenvalue weighted by atomic mass is 10.1. The van der Waals surface area contributed by atoms with Crippen LogP contribution in [-0.4, -0.2) is 33.7 Å². The first kappa shape index (κ1) is 24.2. The van der Waals surface area contributed by atoms with E-state index in [1.54, 1.807) is 25.1 Å². The Hall–Kier alpha value is -3.81. The molecule has 0 aliphatic heterocycles. The summed E-state index contributed by atoms with van der Waals surface area (Å²) in [5.41, 5.74) is 0.881. The second-order valence-electron chi connectivity index (χ2n) is 6.13. The molecule has 0 aliphatic carbocycles. The highest BCUT2D eigenvalue weighted by molar-refractivity contribution is 5.94. The van der Waals surface area contributed by atoms with Crippen LogP contribution in [0.4, 0.5) is 0 Å². The van der Waals surface area contributed by atoms with Crippen LogP contribution in [0.1, 0.15) is 25.8 Å². The molecule has 0 atom stereocenters. The van der Waals surface area contributed by atoms with E-state index in [2.05, 4.69) is 4.74 Å². The van der Waals surface area contributed by atoms with Crippen molar-refractivity contribution in [3.05, 3.63) is 64.5 Å². The van der Waals surface area contributed by atoms with Gasteiger partial charge < -0.3 is 24.5 Å². The van der Waals surface area contributed by atoms with Crippen molar-refractivity contribution in [2.75, 3.05) is 6.61 Å². The Balaban J connectivity index is 0.000000235. The van der Waals surface area contributed by atoms with Crippen molar-refractivity contribution >= 4 is 22.7 Å². The van der Waals surface area contributed by atoms with E-state index < -0.39 is 11.6 Å². The number of ether oxygens (including phenoxy) is 1. The van der Waals surface area contributed by atoms with Gasteiger partial charge in [-0.05, 0) is 50.6 Å². The molecule has 0 spiro atoms. The molecule has 30 heavy (non-hydrogen) atoms. The van der Waals surface area contributed by atoms with E-state index in [0.29, 0.717) is 12.2 Å². The van der Waals surface area contributed by atoms with Gasteiger partial charge in [0.25, 0.3) is 0 Å². The fraction of sp³-hybridized carbons (Fsp3) is 0.227. The Bertz CT molecular complexity index is 1040. The number of hydrogen-bond acceptors (Lipinski definition) is 8. The van der Waals surface area contributed by atoms with Crippen molar-refractivity contribution in [2.45, 2.75) is 27.2 Å². The predicted molar refractivity (Wildman–Crippen MR) is 111 cm³/mol. The minimum Gasteiger partial charge on any atom is -0.508 e. The molecule has 8 heteroatoms. The minimum absolute atomic E-state index is 0.0880. The number of hydrogen-bond donors (Lipinski definition) is 3. The number of carbonyl (C=O) groups excluding carboxylic acids is 2. The third-order valence-corrected chi connectivity index (χ3v) is 3.46. The molecule has 0 saturated carbocycles. The fourth-order valence-electron chi connectivity index (χ4n) is 2.22. The Morgan fingerprint density at radius 2 is 1.57 bits per heavy atom. The first-order chi connectivity index (χ1) is 14.1. The molecule has 0 unspecified atom stereocenters. The van der Waals surface area contributed by atoms with Gasteiger partial charge in [0.2, 0.25) is 0 Å². The molecule has 8 nitrogen and oxygen atoms in total. The van der Waals surface area contributed by atoms with Crippen LogP contribution in [0.15, 0.2) is 57.7 Å². The number of benzene rings is 2. The van der Waals surface area contributed by atoms with Crippen LogP contribution in [0, 0.1) is 6.92 Å². The van der Waals surface area contributed by atoms with Crippen LogP contribution in [0.25, 0.3) is 11.0 Å². The number of phenols is 3. The standard InChI is InChI=1S/C10H8O3.C6H10O3.C6H6O2/c1-6-4-10(12)13-9-5-7(11)2-3-8(6)9;1-3-9-6(8)4-5(2)7;7-5-2-1-3-6(8)4-5/h2-5,11H,1H3;3-4H2,1-2H3;1-4,7-8H. The van der Waals surface area contributed by atoms with Crippen molar-refractivity contribution in [1.29, 1.82) is 0 Å². The largest absolute Gasteiger partial charge is 0.508 e. The minimum atomic E-state index is -0.440. The van der Waals surface area contributed by atoms with Gasteiger partial charge in [0.1, 0.15) is 35.0 Å². The van der Waals surface area contributed by atoms with E-state index in [4.69, 9.17) is 19.7 Å². The zero-order valence-corrected chi connectivity index (χ0v) is 16.9. The number of rotatable bonds is 3. The fourth-order valence-corrected chi connectivity index (χ4v) is 2.22. The van der Waals surface area contributed by atoms with E-state index in [0.717, 1.165) is 10.9 Å². The second kappa shape index (κ2) is 11.9. The molecule has 3 rings (SSSR count). The lowest BCUT2D eigenvalue weighted by Gasteiger charge is -1.99. The summed E-state index contributed by atoms with van der Waals surface area (Å²) in [5, 5.41) is 27.3. The SMILES string of the molecule is CCOC(=O)CC(C)=O.Cc1cc(=O)oc2cc(O)ccc12.Oc1cccc(O)c1. The van der Waals surface area contributed by atoms with Crippen molar-refractivity contribution in [1.82, 2.24) is 0 Å². The summed E-state index contributed by atoms with van der Waals surface area (Å²) in [5.74, 6) is -0.324. The molecule has 160 valence electrons. The number of esters is 1. The van der Waals surface area contributed by atoms with Gasteiger partial charge >= 0.3 is 11.6 Å². The maximum absolute atomic E-state index is 11.0. The molecule has 2 aromatic carbocycles. The van der Waals surface area contributed by atoms with Gasteiger partial charge in [0, 0.05) is 23.6 Å². The predicted octanol–water partition coefficient (Wildman–Crippen LogP) is 3.43. The van der Waals surface area contributed by atoms with E-state index in [1.807, 2.05) is 6.92 Å². The summed E-state index contributed by atoms with van der Waals surface area (Å²) < 4.78 is 9.40. The van der Waals surface area contributed by atoms with Gasteiger partial charge in [-0.15, -0.1) is 0 Å². The Morgan fingerprint density at radius 3 is 2.07 bits per heavy atom. The van der Waals surface area contributed by atoms with Crippen molar-refractivity contribution in [2.24, 2.45) is 0 Å². The zero-order chi connectivity index (χ0) is 22.7. The Kier molecular flexibility index (Phi) is 9.61. The summed E-state index contributed by atoms with van der Waals surface area (Å²) in [6.07, 6.45) is -0.103. The van der Waals surface area contributed by atoms with Crippen LogP contribution in [0.2, 0.25) is 0 Å². The molecule has 1 heterocycles. The third-order valence-electron chi connectivity index (χ3n) is 3.46. The molecule has 0 saturated heterocycles. The van der Waals surface area contributed by atoms with Crippen molar-refractivity contribution in [3.8, 4) is 17.2 Å². The molecule has 1 aromatic heterocycles. The van der Waals surface area contributed by atoms with Crippen LogP contribution in [0.5, 0.6) is 17.2 Å². The third kappa shape index (κ3) is 8.92. The van der Waals surface area contributed by atoms with Crippen LogP contribution < -0.4 is 5.63 Å². The highest BCUT2D eigenvalue weighted by atomic mass is 16.5. The normalized spacial score (nSPS) is 9.57. The monoisotopic (exact) mass is 416 g/mol. The quantitative estimate of drug-likeness (QED) is 0.336. The van der Waals surface area contributed by atoms with Gasteiger partial charge in [-0.3, -0.25) is 9.59 Å². The molecular weight excluding hydrogens is 392 g/mol. The number of aryl methyl sites for hydroxylation is 1. The van der Waals surface area contributed by atoms with Gasteiger partial charge in [0.15, 0.2) is 0 Å². The molecule has 0 fully saturated rings. The maximum atomic E-state index is 11.0. The molecule has 0 bridgehead atoms. The maximum Gasteiger partial charge on any atom is 0.336 e. The average molecular weight is 416 g/mol. The first-order valence-corrected chi connectivity index (χ1v) is 8.99.